The van der Waals surface area contributed by atoms with Crippen LogP contribution in [0.25, 0.3) is 0 Å². The number of rotatable bonds is 3. The molecule has 1 amide bonds. The molecule has 0 saturated heterocycles. The number of benzene rings is 1. The maximum Gasteiger partial charge on any atom is 0.254 e. The molecule has 94 valence electrons. The predicted molar refractivity (Wildman–Crippen MR) is 56.9 cm³/mol. The van der Waals surface area contributed by atoms with Crippen LogP contribution in [0.3, 0.4) is 0 Å². The molecule has 17 heavy (non-hydrogen) atoms. The standard InChI is InChI=1S/C11H13F3N2O/c1-11(2,5-15)16-10(17)6-3-4-7(12)9(14)8(6)13/h3-4H,5,15H2,1-2H3,(H,16,17). The van der Waals surface area contributed by atoms with Crippen molar-refractivity contribution in [1.29, 1.82) is 0 Å². The molecule has 0 bridgehead atoms. The molecule has 0 fully saturated rings. The molecule has 0 aromatic heterocycles. The molecule has 0 saturated carbocycles. The van der Waals surface area contributed by atoms with Gasteiger partial charge in [-0.2, -0.15) is 0 Å². The van der Waals surface area contributed by atoms with Gasteiger partial charge in [-0.25, -0.2) is 13.2 Å². The van der Waals surface area contributed by atoms with Crippen molar-refractivity contribution in [3.8, 4) is 0 Å². The maximum atomic E-state index is 13.3. The molecule has 0 radical (unpaired) electrons. The van der Waals surface area contributed by atoms with Gasteiger partial charge in [0.1, 0.15) is 0 Å². The van der Waals surface area contributed by atoms with Gasteiger partial charge in [-0.1, -0.05) is 0 Å². The third-order valence-corrected chi connectivity index (χ3v) is 2.24. The van der Waals surface area contributed by atoms with Gasteiger partial charge < -0.3 is 11.1 Å². The van der Waals surface area contributed by atoms with Crippen molar-refractivity contribution in [2.24, 2.45) is 5.73 Å². The van der Waals surface area contributed by atoms with E-state index in [4.69, 9.17) is 5.73 Å². The number of carbonyl (C=O) groups is 1. The van der Waals surface area contributed by atoms with Crippen LogP contribution in [0.15, 0.2) is 12.1 Å². The van der Waals surface area contributed by atoms with E-state index >= 15 is 0 Å². The topological polar surface area (TPSA) is 55.1 Å². The van der Waals surface area contributed by atoms with Gasteiger partial charge in [0.05, 0.1) is 5.56 Å². The largest absolute Gasteiger partial charge is 0.346 e. The summed E-state index contributed by atoms with van der Waals surface area (Å²) < 4.78 is 38.9. The summed E-state index contributed by atoms with van der Waals surface area (Å²) in [5.74, 6) is -5.34. The molecule has 0 aliphatic heterocycles. The van der Waals surface area contributed by atoms with E-state index in [1.165, 1.54) is 0 Å². The van der Waals surface area contributed by atoms with Crippen molar-refractivity contribution in [3.63, 3.8) is 0 Å². The average molecular weight is 246 g/mol. The summed E-state index contributed by atoms with van der Waals surface area (Å²) in [6, 6.07) is 1.58. The van der Waals surface area contributed by atoms with Gasteiger partial charge in [-0.05, 0) is 26.0 Å². The second-order valence-corrected chi connectivity index (χ2v) is 4.27. The second-order valence-electron chi connectivity index (χ2n) is 4.27. The molecule has 3 nitrogen and oxygen atoms in total. The van der Waals surface area contributed by atoms with Gasteiger partial charge in [0.15, 0.2) is 17.5 Å². The van der Waals surface area contributed by atoms with E-state index in [1.807, 2.05) is 0 Å². The lowest BCUT2D eigenvalue weighted by Gasteiger charge is -2.24. The summed E-state index contributed by atoms with van der Waals surface area (Å²) >= 11 is 0. The predicted octanol–water partition coefficient (Wildman–Crippen LogP) is 1.57. The molecule has 1 aromatic carbocycles. The van der Waals surface area contributed by atoms with Crippen LogP contribution in [0.2, 0.25) is 0 Å². The Morgan fingerprint density at radius 2 is 1.88 bits per heavy atom. The summed E-state index contributed by atoms with van der Waals surface area (Å²) in [5, 5.41) is 2.42. The first-order chi connectivity index (χ1) is 7.78. The quantitative estimate of drug-likeness (QED) is 0.795. The average Bonchev–Trinajstić information content (AvgIpc) is 2.25. The van der Waals surface area contributed by atoms with E-state index < -0.39 is 34.5 Å². The van der Waals surface area contributed by atoms with Crippen molar-refractivity contribution in [3.05, 3.63) is 35.1 Å². The Morgan fingerprint density at radius 3 is 2.41 bits per heavy atom. The third kappa shape index (κ3) is 2.97. The van der Waals surface area contributed by atoms with Crippen LogP contribution in [0, 0.1) is 17.5 Å². The maximum absolute atomic E-state index is 13.3. The van der Waals surface area contributed by atoms with Crippen LogP contribution >= 0.6 is 0 Å². The molecule has 3 N–H and O–H groups in total. The molecule has 0 spiro atoms. The van der Waals surface area contributed by atoms with E-state index in [0.29, 0.717) is 6.07 Å². The lowest BCUT2D eigenvalue weighted by atomic mass is 10.0. The molecule has 6 heteroatoms. The fourth-order valence-corrected chi connectivity index (χ4v) is 1.13. The Morgan fingerprint density at radius 1 is 1.29 bits per heavy atom. The Labute approximate surface area is 96.8 Å². The summed E-state index contributed by atoms with van der Waals surface area (Å²) in [5.41, 5.74) is 4.08. The van der Waals surface area contributed by atoms with Crippen LogP contribution in [-0.4, -0.2) is 18.0 Å². The minimum atomic E-state index is -1.66. The lowest BCUT2D eigenvalue weighted by molar-refractivity contribution is 0.0910. The highest BCUT2D eigenvalue weighted by molar-refractivity contribution is 5.94. The van der Waals surface area contributed by atoms with Crippen molar-refractivity contribution >= 4 is 5.91 Å². The summed E-state index contributed by atoms with van der Waals surface area (Å²) in [7, 11) is 0. The highest BCUT2D eigenvalue weighted by Gasteiger charge is 2.23. The number of amides is 1. The van der Waals surface area contributed by atoms with Crippen LogP contribution in [0.1, 0.15) is 24.2 Å². The van der Waals surface area contributed by atoms with Crippen molar-refractivity contribution < 1.29 is 18.0 Å². The first-order valence-corrected chi connectivity index (χ1v) is 4.94. The van der Waals surface area contributed by atoms with E-state index in [-0.39, 0.29) is 6.54 Å². The number of nitrogens with one attached hydrogen (secondary N) is 1. The molecule has 1 rings (SSSR count). The number of carbonyl (C=O) groups excluding carboxylic acids is 1. The van der Waals surface area contributed by atoms with Crippen LogP contribution in [0.4, 0.5) is 13.2 Å². The van der Waals surface area contributed by atoms with Gasteiger partial charge in [-0.3, -0.25) is 4.79 Å². The highest BCUT2D eigenvalue weighted by Crippen LogP contribution is 2.15. The van der Waals surface area contributed by atoms with Gasteiger partial charge in [0.2, 0.25) is 0 Å². The zero-order valence-corrected chi connectivity index (χ0v) is 9.48. The minimum absolute atomic E-state index is 0.129. The zero-order chi connectivity index (χ0) is 13.2. The van der Waals surface area contributed by atoms with Gasteiger partial charge >= 0.3 is 0 Å². The highest BCUT2D eigenvalue weighted by atomic mass is 19.2. The molecule has 0 atom stereocenters. The summed E-state index contributed by atoms with van der Waals surface area (Å²) in [4.78, 5) is 11.6. The van der Waals surface area contributed by atoms with Crippen molar-refractivity contribution in [2.45, 2.75) is 19.4 Å². The summed E-state index contributed by atoms with van der Waals surface area (Å²) in [6.07, 6.45) is 0. The zero-order valence-electron chi connectivity index (χ0n) is 9.48. The lowest BCUT2D eigenvalue weighted by Crippen LogP contribution is -2.49. The molecule has 1 aromatic rings. The van der Waals surface area contributed by atoms with Crippen molar-refractivity contribution in [2.75, 3.05) is 6.54 Å². The Hall–Kier alpha value is -1.56. The van der Waals surface area contributed by atoms with E-state index in [1.54, 1.807) is 13.8 Å². The number of hydrogen-bond donors (Lipinski definition) is 2. The number of nitrogens with two attached hydrogens (primary N) is 1. The van der Waals surface area contributed by atoms with Gasteiger partial charge in [0.25, 0.3) is 5.91 Å². The SMILES string of the molecule is CC(C)(CN)NC(=O)c1ccc(F)c(F)c1F. The number of hydrogen-bond acceptors (Lipinski definition) is 2. The van der Waals surface area contributed by atoms with Crippen LogP contribution in [0.5, 0.6) is 0 Å². The molecule has 0 heterocycles. The Bertz CT molecular complexity index is 447. The molecule has 0 aliphatic carbocycles. The monoisotopic (exact) mass is 246 g/mol. The smallest absolute Gasteiger partial charge is 0.254 e. The van der Waals surface area contributed by atoms with Gasteiger partial charge in [0, 0.05) is 12.1 Å². The fourth-order valence-electron chi connectivity index (χ4n) is 1.13. The van der Waals surface area contributed by atoms with E-state index in [2.05, 4.69) is 5.32 Å². The first kappa shape index (κ1) is 13.5. The van der Waals surface area contributed by atoms with E-state index in [9.17, 15) is 18.0 Å². The summed E-state index contributed by atoms with van der Waals surface area (Å²) in [6.45, 7) is 3.38. The molecule has 0 aliphatic rings. The van der Waals surface area contributed by atoms with Crippen LogP contribution in [-0.2, 0) is 0 Å². The molecule has 0 unspecified atom stereocenters. The third-order valence-electron chi connectivity index (χ3n) is 2.24. The van der Waals surface area contributed by atoms with Crippen molar-refractivity contribution in [1.82, 2.24) is 5.32 Å². The van der Waals surface area contributed by atoms with E-state index in [0.717, 1.165) is 6.07 Å². The molecular formula is C11H13F3N2O. The first-order valence-electron chi connectivity index (χ1n) is 4.94. The minimum Gasteiger partial charge on any atom is -0.346 e. The Kier molecular flexibility index (Phi) is 3.77. The second kappa shape index (κ2) is 4.75. The number of halogens is 3. The Balaban J connectivity index is 3.02. The van der Waals surface area contributed by atoms with Gasteiger partial charge in [-0.15, -0.1) is 0 Å². The normalized spacial score (nSPS) is 11.4. The van der Waals surface area contributed by atoms with Crippen LogP contribution < -0.4 is 11.1 Å². The fraction of sp³-hybridized carbons (Fsp3) is 0.364. The molecular weight excluding hydrogens is 233 g/mol.